The summed E-state index contributed by atoms with van der Waals surface area (Å²) in [6.45, 7) is 1.64. The Morgan fingerprint density at radius 2 is 1.84 bits per heavy atom. The van der Waals surface area contributed by atoms with Crippen LogP contribution in [0.5, 0.6) is 0 Å². The summed E-state index contributed by atoms with van der Waals surface area (Å²) >= 11 is 0. The molecule has 25 heavy (non-hydrogen) atoms. The van der Waals surface area contributed by atoms with Crippen molar-refractivity contribution in [1.82, 2.24) is 5.32 Å². The zero-order chi connectivity index (χ0) is 19.3. The summed E-state index contributed by atoms with van der Waals surface area (Å²) in [5.41, 5.74) is 0. The van der Waals surface area contributed by atoms with Gasteiger partial charge < -0.3 is 50.2 Å². The van der Waals surface area contributed by atoms with E-state index in [4.69, 9.17) is 14.6 Å². The van der Waals surface area contributed by atoms with Gasteiger partial charge in [-0.1, -0.05) is 0 Å². The van der Waals surface area contributed by atoms with Gasteiger partial charge in [-0.25, -0.2) is 0 Å². The average Bonchev–Trinajstić information content (AvgIpc) is 2.58. The summed E-state index contributed by atoms with van der Waals surface area (Å²) < 4.78 is 10.5. The van der Waals surface area contributed by atoms with Crippen molar-refractivity contribution in [1.29, 1.82) is 0 Å². The molecule has 9 atom stereocenters. The molecule has 146 valence electrons. The van der Waals surface area contributed by atoms with Crippen molar-refractivity contribution in [2.45, 2.75) is 68.9 Å². The second-order valence-corrected chi connectivity index (χ2v) is 5.88. The van der Waals surface area contributed by atoms with Gasteiger partial charge in [0.2, 0.25) is 5.91 Å². The van der Waals surface area contributed by atoms with Crippen molar-refractivity contribution in [3.8, 4) is 0 Å². The van der Waals surface area contributed by atoms with E-state index >= 15 is 0 Å². The van der Waals surface area contributed by atoms with Gasteiger partial charge in [0.25, 0.3) is 0 Å². The molecule has 7 N–H and O–H groups in total. The average molecular weight is 367 g/mol. The van der Waals surface area contributed by atoms with E-state index in [9.17, 15) is 35.1 Å². The predicted octanol–water partition coefficient (Wildman–Crippen LogP) is -4.38. The third-order valence-electron chi connectivity index (χ3n) is 3.89. The number of rotatable bonds is 8. The van der Waals surface area contributed by atoms with E-state index in [2.05, 4.69) is 5.32 Å². The van der Waals surface area contributed by atoms with Crippen LogP contribution in [0.1, 0.15) is 13.8 Å². The van der Waals surface area contributed by atoms with Gasteiger partial charge in [-0.05, 0) is 6.92 Å². The standard InChI is InChI=1S/C14H25NO10/c1-5-9(20)11(22)12(23)14(24-5)25-13(10(21)8(19)4-17)7(3-16)15-6(2)18/h3,5,7-14,17,19-23H,4H2,1-2H3,(H,15,18)/t5-,7+,8+,9+,10+,11+,12-,13+,14+/m0/s1. The highest BCUT2D eigenvalue weighted by atomic mass is 16.7. The van der Waals surface area contributed by atoms with Gasteiger partial charge in [-0.2, -0.15) is 0 Å². The number of amides is 1. The topological polar surface area (TPSA) is 186 Å². The molecule has 0 unspecified atom stereocenters. The number of aliphatic hydroxyl groups excluding tert-OH is 6. The number of aliphatic hydroxyl groups is 6. The zero-order valence-electron chi connectivity index (χ0n) is 13.8. The fourth-order valence-electron chi connectivity index (χ4n) is 2.41. The summed E-state index contributed by atoms with van der Waals surface area (Å²) in [6, 6.07) is -1.44. The van der Waals surface area contributed by atoms with E-state index in [1.54, 1.807) is 0 Å². The number of nitrogens with one attached hydrogen (secondary N) is 1. The molecule has 0 bridgehead atoms. The summed E-state index contributed by atoms with van der Waals surface area (Å²) in [6.07, 6.45) is -12.2. The Kier molecular flexibility index (Phi) is 8.31. The van der Waals surface area contributed by atoms with Crippen LogP contribution in [0, 0.1) is 0 Å². The summed E-state index contributed by atoms with van der Waals surface area (Å²) in [7, 11) is 0. The van der Waals surface area contributed by atoms with E-state index in [0.29, 0.717) is 0 Å². The number of carbonyl (C=O) groups excluding carboxylic acids is 2. The lowest BCUT2D eigenvalue weighted by Crippen LogP contribution is -2.61. The number of aldehydes is 1. The smallest absolute Gasteiger partial charge is 0.217 e. The first-order chi connectivity index (χ1) is 11.6. The van der Waals surface area contributed by atoms with Crippen molar-refractivity contribution in [2.24, 2.45) is 0 Å². The van der Waals surface area contributed by atoms with Crippen molar-refractivity contribution in [3.05, 3.63) is 0 Å². The highest BCUT2D eigenvalue weighted by molar-refractivity contribution is 5.77. The molecule has 11 nitrogen and oxygen atoms in total. The summed E-state index contributed by atoms with van der Waals surface area (Å²) in [4.78, 5) is 22.5. The van der Waals surface area contributed by atoms with Crippen LogP contribution in [0.4, 0.5) is 0 Å². The van der Waals surface area contributed by atoms with Crippen molar-refractivity contribution in [2.75, 3.05) is 6.61 Å². The normalized spacial score (nSPS) is 34.6. The SMILES string of the molecule is CC(=O)N[C@H](C=O)[C@@H](O[C@H]1O[C@@H](C)[C@@H](O)[C@@H](O)[C@@H]1O)[C@H](O)[C@H](O)CO. The molecule has 1 amide bonds. The van der Waals surface area contributed by atoms with Gasteiger partial charge >= 0.3 is 0 Å². The van der Waals surface area contributed by atoms with Crippen LogP contribution in [0.25, 0.3) is 0 Å². The first-order valence-electron chi connectivity index (χ1n) is 7.68. The van der Waals surface area contributed by atoms with Gasteiger partial charge in [0.1, 0.15) is 49.0 Å². The Morgan fingerprint density at radius 3 is 2.32 bits per heavy atom. The van der Waals surface area contributed by atoms with Crippen LogP contribution < -0.4 is 5.32 Å². The first kappa shape index (κ1) is 21.9. The second-order valence-electron chi connectivity index (χ2n) is 5.88. The Labute approximate surface area is 143 Å². The molecule has 1 aliphatic rings. The minimum atomic E-state index is -1.83. The maximum atomic E-state index is 11.3. The summed E-state index contributed by atoms with van der Waals surface area (Å²) in [5, 5.41) is 60.3. The molecular weight excluding hydrogens is 342 g/mol. The van der Waals surface area contributed by atoms with Gasteiger partial charge in [-0.3, -0.25) is 4.79 Å². The minimum absolute atomic E-state index is 0.239. The Hall–Kier alpha value is -1.18. The van der Waals surface area contributed by atoms with Gasteiger partial charge in [0.05, 0.1) is 12.7 Å². The van der Waals surface area contributed by atoms with Crippen LogP contribution in [-0.4, -0.2) is 104 Å². The van der Waals surface area contributed by atoms with Gasteiger partial charge in [0, 0.05) is 6.92 Å². The maximum absolute atomic E-state index is 11.3. The monoisotopic (exact) mass is 367 g/mol. The molecule has 0 saturated carbocycles. The van der Waals surface area contributed by atoms with E-state index < -0.39 is 67.6 Å². The molecule has 1 fully saturated rings. The second kappa shape index (κ2) is 9.50. The molecule has 0 aromatic carbocycles. The lowest BCUT2D eigenvalue weighted by Gasteiger charge is -2.42. The fraction of sp³-hybridized carbons (Fsp3) is 0.857. The molecule has 0 aromatic rings. The molecule has 1 heterocycles. The van der Waals surface area contributed by atoms with Crippen LogP contribution in [-0.2, 0) is 19.1 Å². The van der Waals surface area contributed by atoms with E-state index in [1.165, 1.54) is 6.92 Å². The molecule has 0 spiro atoms. The van der Waals surface area contributed by atoms with Crippen molar-refractivity contribution in [3.63, 3.8) is 0 Å². The molecule has 1 aliphatic heterocycles. The van der Waals surface area contributed by atoms with Crippen molar-refractivity contribution >= 4 is 12.2 Å². The lowest BCUT2D eigenvalue weighted by molar-refractivity contribution is -0.314. The minimum Gasteiger partial charge on any atom is -0.394 e. The summed E-state index contributed by atoms with van der Waals surface area (Å²) in [5.74, 6) is -0.634. The van der Waals surface area contributed by atoms with E-state index in [1.807, 2.05) is 0 Å². The lowest BCUT2D eigenvalue weighted by atomic mass is 9.98. The largest absolute Gasteiger partial charge is 0.394 e. The van der Waals surface area contributed by atoms with Crippen LogP contribution in [0.3, 0.4) is 0 Å². The van der Waals surface area contributed by atoms with Crippen LogP contribution >= 0.6 is 0 Å². The van der Waals surface area contributed by atoms with E-state index in [-0.39, 0.29) is 6.29 Å². The Bertz CT molecular complexity index is 449. The third-order valence-corrected chi connectivity index (χ3v) is 3.89. The van der Waals surface area contributed by atoms with Crippen LogP contribution in [0.2, 0.25) is 0 Å². The molecule has 11 heteroatoms. The quantitative estimate of drug-likeness (QED) is 0.207. The Balaban J connectivity index is 3.02. The van der Waals surface area contributed by atoms with E-state index in [0.717, 1.165) is 6.92 Å². The van der Waals surface area contributed by atoms with Gasteiger partial charge in [0.15, 0.2) is 6.29 Å². The van der Waals surface area contributed by atoms with Crippen molar-refractivity contribution < 1.29 is 49.7 Å². The first-order valence-corrected chi connectivity index (χ1v) is 7.68. The molecule has 0 aromatic heterocycles. The molecular formula is C14H25NO10. The third kappa shape index (κ3) is 5.39. The maximum Gasteiger partial charge on any atom is 0.217 e. The van der Waals surface area contributed by atoms with Crippen LogP contribution in [0.15, 0.2) is 0 Å². The fourth-order valence-corrected chi connectivity index (χ4v) is 2.41. The molecule has 0 radical (unpaired) electrons. The molecule has 1 rings (SSSR count). The molecule has 0 aliphatic carbocycles. The number of hydrogen-bond donors (Lipinski definition) is 7. The highest BCUT2D eigenvalue weighted by Gasteiger charge is 2.45. The molecule has 1 saturated heterocycles. The number of carbonyl (C=O) groups is 2. The zero-order valence-corrected chi connectivity index (χ0v) is 13.8. The number of hydrogen-bond acceptors (Lipinski definition) is 10. The Morgan fingerprint density at radius 1 is 1.24 bits per heavy atom. The van der Waals surface area contributed by atoms with Gasteiger partial charge in [-0.15, -0.1) is 0 Å². The highest BCUT2D eigenvalue weighted by Crippen LogP contribution is 2.24. The predicted molar refractivity (Wildman–Crippen MR) is 80.0 cm³/mol. The number of ether oxygens (including phenoxy) is 2.